The van der Waals surface area contributed by atoms with Crippen LogP contribution in [0.15, 0.2) is 46.9 Å². The number of amides is 2. The number of para-hydroxylation sites is 1. The third-order valence-electron chi connectivity index (χ3n) is 3.25. The molecule has 2 aromatic carbocycles. The first kappa shape index (κ1) is 18.0. The van der Waals surface area contributed by atoms with Crippen LogP contribution in [0.4, 0.5) is 5.69 Å². The van der Waals surface area contributed by atoms with E-state index in [1.54, 1.807) is 49.6 Å². The van der Waals surface area contributed by atoms with Crippen LogP contribution in [0.1, 0.15) is 34.6 Å². The number of nitrogens with one attached hydrogen (secondary N) is 2. The van der Waals surface area contributed by atoms with Crippen molar-refractivity contribution in [2.45, 2.75) is 19.9 Å². The van der Waals surface area contributed by atoms with Crippen molar-refractivity contribution in [1.82, 2.24) is 5.32 Å². The highest BCUT2D eigenvalue weighted by Crippen LogP contribution is 2.26. The molecule has 0 aliphatic carbocycles. The zero-order valence-electron chi connectivity index (χ0n) is 13.7. The predicted molar refractivity (Wildman–Crippen MR) is 97.7 cm³/mol. The molecule has 24 heavy (non-hydrogen) atoms. The van der Waals surface area contributed by atoms with Gasteiger partial charge in [0.1, 0.15) is 5.75 Å². The fourth-order valence-corrected chi connectivity index (χ4v) is 2.67. The van der Waals surface area contributed by atoms with Crippen LogP contribution in [-0.2, 0) is 0 Å². The van der Waals surface area contributed by atoms with Crippen LogP contribution in [-0.4, -0.2) is 25.0 Å². The largest absolute Gasteiger partial charge is 0.496 e. The van der Waals surface area contributed by atoms with Gasteiger partial charge >= 0.3 is 0 Å². The van der Waals surface area contributed by atoms with Gasteiger partial charge in [0.15, 0.2) is 0 Å². The monoisotopic (exact) mass is 390 g/mol. The van der Waals surface area contributed by atoms with Crippen molar-refractivity contribution in [2.75, 3.05) is 12.4 Å². The molecular formula is C18H19BrN2O3. The van der Waals surface area contributed by atoms with E-state index in [2.05, 4.69) is 26.6 Å². The van der Waals surface area contributed by atoms with Crippen molar-refractivity contribution in [3.05, 3.63) is 58.1 Å². The molecule has 0 fully saturated rings. The number of hydrogen-bond acceptors (Lipinski definition) is 3. The average molecular weight is 391 g/mol. The van der Waals surface area contributed by atoms with Gasteiger partial charge in [-0.05, 0) is 60.1 Å². The van der Waals surface area contributed by atoms with E-state index >= 15 is 0 Å². The van der Waals surface area contributed by atoms with Gasteiger partial charge in [-0.3, -0.25) is 9.59 Å². The van der Waals surface area contributed by atoms with Gasteiger partial charge in [-0.2, -0.15) is 0 Å². The molecule has 0 spiro atoms. The molecule has 2 aromatic rings. The van der Waals surface area contributed by atoms with E-state index in [-0.39, 0.29) is 17.9 Å². The minimum atomic E-state index is -0.303. The summed E-state index contributed by atoms with van der Waals surface area (Å²) in [5.74, 6) is 0.114. The molecule has 0 saturated heterocycles. The van der Waals surface area contributed by atoms with Gasteiger partial charge in [-0.25, -0.2) is 0 Å². The maximum Gasteiger partial charge on any atom is 0.255 e. The van der Waals surface area contributed by atoms with Gasteiger partial charge in [0.25, 0.3) is 11.8 Å². The highest BCUT2D eigenvalue weighted by atomic mass is 79.9. The van der Waals surface area contributed by atoms with E-state index in [0.29, 0.717) is 27.0 Å². The first-order valence-corrected chi connectivity index (χ1v) is 8.26. The number of halogens is 1. The van der Waals surface area contributed by atoms with Gasteiger partial charge in [0.2, 0.25) is 0 Å². The average Bonchev–Trinajstić information content (AvgIpc) is 2.54. The van der Waals surface area contributed by atoms with E-state index in [1.165, 1.54) is 0 Å². The Balaban J connectivity index is 2.23. The molecule has 2 N–H and O–H groups in total. The number of benzene rings is 2. The number of hydrogen-bond donors (Lipinski definition) is 2. The number of ether oxygens (including phenoxy) is 1. The zero-order valence-corrected chi connectivity index (χ0v) is 15.3. The van der Waals surface area contributed by atoms with E-state index in [0.717, 1.165) is 0 Å². The smallest absolute Gasteiger partial charge is 0.255 e. The van der Waals surface area contributed by atoms with Crippen molar-refractivity contribution in [3.63, 3.8) is 0 Å². The second kappa shape index (κ2) is 7.97. The Morgan fingerprint density at radius 2 is 1.79 bits per heavy atom. The maximum absolute atomic E-state index is 12.5. The van der Waals surface area contributed by atoms with E-state index in [9.17, 15) is 9.59 Å². The topological polar surface area (TPSA) is 67.4 Å². The molecule has 0 bridgehead atoms. The molecule has 2 amide bonds. The zero-order chi connectivity index (χ0) is 17.7. The Morgan fingerprint density at radius 3 is 2.42 bits per heavy atom. The molecule has 0 saturated carbocycles. The molecule has 0 atom stereocenters. The predicted octanol–water partition coefficient (Wildman–Crippen LogP) is 3.85. The highest BCUT2D eigenvalue weighted by molar-refractivity contribution is 9.10. The second-order valence-electron chi connectivity index (χ2n) is 5.48. The number of carbonyl (C=O) groups is 2. The third kappa shape index (κ3) is 4.35. The summed E-state index contributed by atoms with van der Waals surface area (Å²) in [5, 5.41) is 5.61. The number of rotatable bonds is 5. The minimum absolute atomic E-state index is 0.0128. The van der Waals surface area contributed by atoms with Crippen LogP contribution in [0, 0.1) is 0 Å². The molecule has 0 heterocycles. The standard InChI is InChI=1S/C18H19BrN2O3/c1-11(2)20-18(23)13-6-4-5-7-15(13)21-17(22)12-8-9-16(24-3)14(19)10-12/h4-11H,1-3H3,(H,20,23)(H,21,22). The van der Waals surface area contributed by atoms with Crippen molar-refractivity contribution in [2.24, 2.45) is 0 Å². The summed E-state index contributed by atoms with van der Waals surface area (Å²) in [7, 11) is 1.56. The quantitative estimate of drug-likeness (QED) is 0.814. The first-order chi connectivity index (χ1) is 11.4. The van der Waals surface area contributed by atoms with Crippen LogP contribution in [0.5, 0.6) is 5.75 Å². The van der Waals surface area contributed by atoms with E-state index < -0.39 is 0 Å². The normalized spacial score (nSPS) is 10.4. The van der Waals surface area contributed by atoms with Gasteiger partial charge in [0, 0.05) is 11.6 Å². The summed E-state index contributed by atoms with van der Waals surface area (Å²) < 4.78 is 5.84. The fraction of sp³-hybridized carbons (Fsp3) is 0.222. The molecule has 0 aliphatic heterocycles. The third-order valence-corrected chi connectivity index (χ3v) is 3.87. The molecule has 0 unspecified atom stereocenters. The number of methoxy groups -OCH3 is 1. The Bertz CT molecular complexity index is 760. The summed E-state index contributed by atoms with van der Waals surface area (Å²) in [6.45, 7) is 3.77. The Labute approximate surface area is 149 Å². The minimum Gasteiger partial charge on any atom is -0.496 e. The van der Waals surface area contributed by atoms with Crippen LogP contribution < -0.4 is 15.4 Å². The Hall–Kier alpha value is -2.34. The van der Waals surface area contributed by atoms with Crippen LogP contribution >= 0.6 is 15.9 Å². The molecule has 0 radical (unpaired) electrons. The molecule has 0 aliphatic rings. The Kier molecular flexibility index (Phi) is 5.98. The number of anilines is 1. The van der Waals surface area contributed by atoms with E-state index in [1.807, 2.05) is 13.8 Å². The van der Waals surface area contributed by atoms with Crippen molar-refractivity contribution >= 4 is 33.4 Å². The van der Waals surface area contributed by atoms with Crippen molar-refractivity contribution in [1.29, 1.82) is 0 Å². The van der Waals surface area contributed by atoms with Crippen LogP contribution in [0.3, 0.4) is 0 Å². The SMILES string of the molecule is COc1ccc(C(=O)Nc2ccccc2C(=O)NC(C)C)cc1Br. The summed E-state index contributed by atoms with van der Waals surface area (Å²) in [6.07, 6.45) is 0. The molecule has 5 nitrogen and oxygen atoms in total. The van der Waals surface area contributed by atoms with Gasteiger partial charge in [-0.15, -0.1) is 0 Å². The lowest BCUT2D eigenvalue weighted by Crippen LogP contribution is -2.31. The molecular weight excluding hydrogens is 372 g/mol. The maximum atomic E-state index is 12.5. The van der Waals surface area contributed by atoms with Gasteiger partial charge in [-0.1, -0.05) is 12.1 Å². The highest BCUT2D eigenvalue weighted by Gasteiger charge is 2.15. The summed E-state index contributed by atoms with van der Waals surface area (Å²) in [6, 6.07) is 12.0. The number of carbonyl (C=O) groups excluding carboxylic acids is 2. The lowest BCUT2D eigenvalue weighted by molar-refractivity contribution is 0.0944. The van der Waals surface area contributed by atoms with Crippen LogP contribution in [0.25, 0.3) is 0 Å². The molecule has 126 valence electrons. The summed E-state index contributed by atoms with van der Waals surface area (Å²) in [4.78, 5) is 24.7. The molecule has 0 aromatic heterocycles. The van der Waals surface area contributed by atoms with Gasteiger partial charge in [0.05, 0.1) is 22.8 Å². The summed E-state index contributed by atoms with van der Waals surface area (Å²) >= 11 is 3.36. The Morgan fingerprint density at radius 1 is 1.08 bits per heavy atom. The first-order valence-electron chi connectivity index (χ1n) is 7.47. The van der Waals surface area contributed by atoms with Crippen molar-refractivity contribution < 1.29 is 14.3 Å². The summed E-state index contributed by atoms with van der Waals surface area (Å²) in [5.41, 5.74) is 1.35. The lowest BCUT2D eigenvalue weighted by Gasteiger charge is -2.13. The van der Waals surface area contributed by atoms with Crippen molar-refractivity contribution in [3.8, 4) is 5.75 Å². The van der Waals surface area contributed by atoms with Crippen LogP contribution in [0.2, 0.25) is 0 Å². The molecule has 2 rings (SSSR count). The van der Waals surface area contributed by atoms with Gasteiger partial charge < -0.3 is 15.4 Å². The fourth-order valence-electron chi connectivity index (χ4n) is 2.13. The molecule has 6 heteroatoms. The second-order valence-corrected chi connectivity index (χ2v) is 6.33. The lowest BCUT2D eigenvalue weighted by atomic mass is 10.1. The van der Waals surface area contributed by atoms with E-state index in [4.69, 9.17) is 4.74 Å².